The zero-order valence-corrected chi connectivity index (χ0v) is 10.4. The Morgan fingerprint density at radius 1 is 1.28 bits per heavy atom. The highest BCUT2D eigenvalue weighted by atomic mass is 16.1. The second-order valence-electron chi connectivity index (χ2n) is 4.10. The quantitative estimate of drug-likeness (QED) is 0.807. The van der Waals surface area contributed by atoms with Gasteiger partial charge in [0.15, 0.2) is 0 Å². The number of benzene rings is 1. The Morgan fingerprint density at radius 2 is 2.00 bits per heavy atom. The van der Waals surface area contributed by atoms with Crippen LogP contribution in [0, 0.1) is 0 Å². The first-order valence-corrected chi connectivity index (χ1v) is 5.98. The minimum absolute atomic E-state index is 0.0568. The number of rotatable bonds is 4. The average molecular weight is 243 g/mol. The minimum atomic E-state index is -0.0568. The third-order valence-corrected chi connectivity index (χ3v) is 2.84. The predicted octanol–water partition coefficient (Wildman–Crippen LogP) is 2.02. The number of nitrogens with one attached hydrogen (secondary N) is 1. The normalized spacial score (nSPS) is 10.3. The van der Waals surface area contributed by atoms with Crippen molar-refractivity contribution in [2.45, 2.75) is 20.0 Å². The van der Waals surface area contributed by atoms with Crippen molar-refractivity contribution in [3.63, 3.8) is 0 Å². The molecule has 1 aromatic carbocycles. The van der Waals surface area contributed by atoms with Gasteiger partial charge in [-0.25, -0.2) is 0 Å². The maximum absolute atomic E-state index is 12.0. The maximum atomic E-state index is 12.0. The minimum Gasteiger partial charge on any atom is -0.399 e. The molecule has 0 unspecified atom stereocenters. The summed E-state index contributed by atoms with van der Waals surface area (Å²) in [4.78, 5) is 12.0. The first-order chi connectivity index (χ1) is 8.70. The number of carbonyl (C=O) groups is 1. The van der Waals surface area contributed by atoms with Crippen LogP contribution in [0.15, 0.2) is 42.6 Å². The number of nitrogens with zero attached hydrogens (tertiary/aromatic N) is 1. The maximum Gasteiger partial charge on any atom is 0.268 e. The number of aromatic nitrogens is 1. The third-order valence-electron chi connectivity index (χ3n) is 2.84. The van der Waals surface area contributed by atoms with Crippen LogP contribution in [-0.2, 0) is 13.1 Å². The molecule has 2 aromatic rings. The fourth-order valence-electron chi connectivity index (χ4n) is 1.80. The zero-order chi connectivity index (χ0) is 13.0. The van der Waals surface area contributed by atoms with Gasteiger partial charge >= 0.3 is 0 Å². The Bertz CT molecular complexity index is 528. The van der Waals surface area contributed by atoms with E-state index in [0.717, 1.165) is 17.8 Å². The van der Waals surface area contributed by atoms with Crippen molar-refractivity contribution >= 4 is 11.6 Å². The molecule has 4 nitrogen and oxygen atoms in total. The lowest BCUT2D eigenvalue weighted by Gasteiger charge is -2.08. The van der Waals surface area contributed by atoms with Crippen molar-refractivity contribution in [1.29, 1.82) is 0 Å². The average Bonchev–Trinajstić information content (AvgIpc) is 2.86. The summed E-state index contributed by atoms with van der Waals surface area (Å²) >= 11 is 0. The fraction of sp³-hybridized carbons (Fsp3) is 0.214. The van der Waals surface area contributed by atoms with E-state index in [1.165, 1.54) is 0 Å². The van der Waals surface area contributed by atoms with Crippen molar-refractivity contribution in [1.82, 2.24) is 9.88 Å². The van der Waals surface area contributed by atoms with Gasteiger partial charge in [0.05, 0.1) is 0 Å². The monoisotopic (exact) mass is 243 g/mol. The van der Waals surface area contributed by atoms with Crippen LogP contribution in [0.1, 0.15) is 23.0 Å². The van der Waals surface area contributed by atoms with Crippen molar-refractivity contribution in [2.24, 2.45) is 0 Å². The molecule has 0 saturated heterocycles. The van der Waals surface area contributed by atoms with E-state index in [1.54, 1.807) is 0 Å². The SMILES string of the molecule is CCn1cccc1C(=O)NCc1ccc(N)cc1. The molecule has 0 aliphatic heterocycles. The highest BCUT2D eigenvalue weighted by Crippen LogP contribution is 2.06. The molecular formula is C14H17N3O. The Balaban J connectivity index is 1.98. The van der Waals surface area contributed by atoms with Gasteiger partial charge in [0.2, 0.25) is 0 Å². The molecule has 3 N–H and O–H groups in total. The lowest BCUT2D eigenvalue weighted by atomic mass is 10.2. The smallest absolute Gasteiger partial charge is 0.268 e. The molecule has 1 aromatic heterocycles. The first-order valence-electron chi connectivity index (χ1n) is 5.98. The highest BCUT2D eigenvalue weighted by molar-refractivity contribution is 5.92. The number of nitrogen functional groups attached to an aromatic ring is 1. The van der Waals surface area contributed by atoms with Gasteiger partial charge in [-0.05, 0) is 36.8 Å². The van der Waals surface area contributed by atoms with Crippen LogP contribution in [0.5, 0.6) is 0 Å². The molecule has 18 heavy (non-hydrogen) atoms. The van der Waals surface area contributed by atoms with Gasteiger partial charge in [-0.15, -0.1) is 0 Å². The molecule has 2 rings (SSSR count). The van der Waals surface area contributed by atoms with Crippen LogP contribution in [0.3, 0.4) is 0 Å². The summed E-state index contributed by atoms with van der Waals surface area (Å²) in [6, 6.07) is 11.2. The van der Waals surface area contributed by atoms with E-state index >= 15 is 0 Å². The van der Waals surface area contributed by atoms with Gasteiger partial charge in [-0.3, -0.25) is 4.79 Å². The van der Waals surface area contributed by atoms with Gasteiger partial charge in [-0.2, -0.15) is 0 Å². The molecule has 0 radical (unpaired) electrons. The molecule has 94 valence electrons. The van der Waals surface area contributed by atoms with E-state index in [1.807, 2.05) is 54.1 Å². The number of hydrogen-bond donors (Lipinski definition) is 2. The number of aryl methyl sites for hydroxylation is 1. The Kier molecular flexibility index (Phi) is 3.67. The number of hydrogen-bond acceptors (Lipinski definition) is 2. The number of amides is 1. The van der Waals surface area contributed by atoms with Crippen molar-refractivity contribution < 1.29 is 4.79 Å². The molecular weight excluding hydrogens is 226 g/mol. The van der Waals surface area contributed by atoms with E-state index in [4.69, 9.17) is 5.73 Å². The molecule has 0 spiro atoms. The summed E-state index contributed by atoms with van der Waals surface area (Å²) in [6.45, 7) is 3.31. The summed E-state index contributed by atoms with van der Waals surface area (Å²) < 4.78 is 1.91. The second-order valence-corrected chi connectivity index (χ2v) is 4.10. The summed E-state index contributed by atoms with van der Waals surface area (Å²) in [6.07, 6.45) is 1.90. The van der Waals surface area contributed by atoms with Crippen molar-refractivity contribution in [2.75, 3.05) is 5.73 Å². The molecule has 0 atom stereocenters. The van der Waals surface area contributed by atoms with E-state index < -0.39 is 0 Å². The zero-order valence-electron chi connectivity index (χ0n) is 10.4. The second kappa shape index (κ2) is 5.40. The molecule has 4 heteroatoms. The molecule has 0 fully saturated rings. The van der Waals surface area contributed by atoms with Crippen LogP contribution >= 0.6 is 0 Å². The van der Waals surface area contributed by atoms with Gasteiger partial charge in [0, 0.05) is 25.0 Å². The third kappa shape index (κ3) is 2.71. The van der Waals surface area contributed by atoms with Crippen LogP contribution in [-0.4, -0.2) is 10.5 Å². The number of anilines is 1. The van der Waals surface area contributed by atoms with E-state index in [-0.39, 0.29) is 5.91 Å². The predicted molar refractivity (Wildman–Crippen MR) is 72.1 cm³/mol. The van der Waals surface area contributed by atoms with E-state index in [2.05, 4.69) is 5.32 Å². The standard InChI is InChI=1S/C14H17N3O/c1-2-17-9-3-4-13(17)14(18)16-10-11-5-7-12(15)8-6-11/h3-9H,2,10,15H2,1H3,(H,16,18). The van der Waals surface area contributed by atoms with Crippen LogP contribution in [0.25, 0.3) is 0 Å². The molecule has 0 bridgehead atoms. The van der Waals surface area contributed by atoms with E-state index in [9.17, 15) is 4.79 Å². The summed E-state index contributed by atoms with van der Waals surface area (Å²) in [5.74, 6) is -0.0568. The molecule has 1 amide bonds. The van der Waals surface area contributed by atoms with Crippen LogP contribution < -0.4 is 11.1 Å². The molecule has 0 saturated carbocycles. The summed E-state index contributed by atoms with van der Waals surface area (Å²) in [5, 5.41) is 2.89. The number of nitrogens with two attached hydrogens (primary N) is 1. The number of carbonyl (C=O) groups excluding carboxylic acids is 1. The molecule has 0 aliphatic rings. The fourth-order valence-corrected chi connectivity index (χ4v) is 1.80. The largest absolute Gasteiger partial charge is 0.399 e. The molecule has 0 aliphatic carbocycles. The Hall–Kier alpha value is -2.23. The van der Waals surface area contributed by atoms with Crippen LogP contribution in [0.2, 0.25) is 0 Å². The molecule has 1 heterocycles. The van der Waals surface area contributed by atoms with Gasteiger partial charge in [-0.1, -0.05) is 12.1 Å². The lowest BCUT2D eigenvalue weighted by molar-refractivity contribution is 0.0942. The van der Waals surface area contributed by atoms with Crippen LogP contribution in [0.4, 0.5) is 5.69 Å². The van der Waals surface area contributed by atoms with Crippen molar-refractivity contribution in [3.05, 3.63) is 53.9 Å². The topological polar surface area (TPSA) is 60.0 Å². The first kappa shape index (κ1) is 12.2. The Labute approximate surface area is 106 Å². The summed E-state index contributed by atoms with van der Waals surface area (Å²) in [5.41, 5.74) is 8.06. The van der Waals surface area contributed by atoms with Gasteiger partial charge < -0.3 is 15.6 Å². The van der Waals surface area contributed by atoms with E-state index in [0.29, 0.717) is 12.2 Å². The lowest BCUT2D eigenvalue weighted by Crippen LogP contribution is -2.25. The highest BCUT2D eigenvalue weighted by Gasteiger charge is 2.08. The van der Waals surface area contributed by atoms with Crippen molar-refractivity contribution in [3.8, 4) is 0 Å². The Morgan fingerprint density at radius 3 is 2.67 bits per heavy atom. The van der Waals surface area contributed by atoms with Gasteiger partial charge in [0.1, 0.15) is 5.69 Å². The summed E-state index contributed by atoms with van der Waals surface area (Å²) in [7, 11) is 0. The van der Waals surface area contributed by atoms with Gasteiger partial charge in [0.25, 0.3) is 5.91 Å².